The van der Waals surface area contributed by atoms with Crippen LogP contribution in [0.4, 0.5) is 0 Å². The van der Waals surface area contributed by atoms with E-state index < -0.39 is 17.3 Å². The molecule has 190 valence electrons. The molecule has 0 heterocycles. The summed E-state index contributed by atoms with van der Waals surface area (Å²) in [6, 6.07) is 12.4. The van der Waals surface area contributed by atoms with Gasteiger partial charge in [-0.15, -0.1) is 0 Å². The third-order valence-electron chi connectivity index (χ3n) is 5.37. The number of amides is 2. The van der Waals surface area contributed by atoms with E-state index in [4.69, 9.17) is 14.2 Å². The van der Waals surface area contributed by atoms with Crippen molar-refractivity contribution in [3.05, 3.63) is 59.2 Å². The highest BCUT2D eigenvalue weighted by Crippen LogP contribution is 2.24. The number of esters is 1. The number of aryl methyl sites for hydroxylation is 2. The maximum absolute atomic E-state index is 12.5. The molecule has 0 aliphatic heterocycles. The van der Waals surface area contributed by atoms with Crippen molar-refractivity contribution in [3.8, 4) is 11.5 Å². The number of hydrazine groups is 1. The number of carbonyl (C=O) groups excluding carboxylic acids is 3. The molecule has 0 spiro atoms. The molecule has 8 nitrogen and oxygen atoms in total. The molecule has 2 rings (SSSR count). The average molecular weight is 485 g/mol. The number of hydrogen-bond acceptors (Lipinski definition) is 6. The molecule has 2 aromatic rings. The molecule has 0 saturated heterocycles. The quantitative estimate of drug-likeness (QED) is 0.265. The van der Waals surface area contributed by atoms with E-state index in [1.165, 1.54) is 0 Å². The minimum atomic E-state index is -0.693. The van der Waals surface area contributed by atoms with E-state index >= 15 is 0 Å². The second-order valence-electron chi connectivity index (χ2n) is 9.06. The zero-order chi connectivity index (χ0) is 25.8. The van der Waals surface area contributed by atoms with Crippen LogP contribution in [0.25, 0.3) is 0 Å². The van der Waals surface area contributed by atoms with Crippen LogP contribution in [-0.4, -0.2) is 37.6 Å². The van der Waals surface area contributed by atoms with Crippen LogP contribution in [0.5, 0.6) is 11.5 Å². The van der Waals surface area contributed by atoms with Gasteiger partial charge in [0.05, 0.1) is 18.8 Å². The highest BCUT2D eigenvalue weighted by Gasteiger charge is 2.27. The molecule has 0 unspecified atom stereocenters. The van der Waals surface area contributed by atoms with E-state index in [0.717, 1.165) is 23.3 Å². The van der Waals surface area contributed by atoms with Crippen molar-refractivity contribution in [2.45, 2.75) is 53.9 Å². The van der Waals surface area contributed by atoms with Crippen molar-refractivity contribution in [1.29, 1.82) is 0 Å². The summed E-state index contributed by atoms with van der Waals surface area (Å²) in [5.74, 6) is 0.0676. The van der Waals surface area contributed by atoms with Crippen molar-refractivity contribution in [1.82, 2.24) is 10.9 Å². The maximum atomic E-state index is 12.5. The van der Waals surface area contributed by atoms with Crippen LogP contribution in [0.15, 0.2) is 42.5 Å². The fraction of sp³-hybridized carbons (Fsp3) is 0.444. The van der Waals surface area contributed by atoms with Gasteiger partial charge in [-0.25, -0.2) is 4.79 Å². The smallest absolute Gasteiger partial charge is 0.338 e. The lowest BCUT2D eigenvalue weighted by Crippen LogP contribution is -2.48. The normalized spacial score (nSPS) is 10.9. The van der Waals surface area contributed by atoms with Crippen LogP contribution in [-0.2, 0) is 14.3 Å². The van der Waals surface area contributed by atoms with Crippen LogP contribution < -0.4 is 20.3 Å². The Morgan fingerprint density at radius 2 is 1.63 bits per heavy atom. The molecule has 0 bridgehead atoms. The highest BCUT2D eigenvalue weighted by atomic mass is 16.5. The van der Waals surface area contributed by atoms with Crippen LogP contribution in [0.2, 0.25) is 0 Å². The Balaban J connectivity index is 1.69. The summed E-state index contributed by atoms with van der Waals surface area (Å²) < 4.78 is 16.3. The third-order valence-corrected chi connectivity index (χ3v) is 5.37. The van der Waals surface area contributed by atoms with Gasteiger partial charge in [-0.05, 0) is 74.6 Å². The molecule has 2 aromatic carbocycles. The number of nitrogens with one attached hydrogen (secondary N) is 2. The Morgan fingerprint density at radius 1 is 0.914 bits per heavy atom. The molecule has 0 aliphatic rings. The lowest BCUT2D eigenvalue weighted by Gasteiger charge is -2.23. The molecule has 0 fully saturated rings. The summed E-state index contributed by atoms with van der Waals surface area (Å²) >= 11 is 0. The van der Waals surface area contributed by atoms with E-state index in [2.05, 4.69) is 10.9 Å². The first-order valence-electron chi connectivity index (χ1n) is 11.8. The van der Waals surface area contributed by atoms with E-state index in [0.29, 0.717) is 37.4 Å². The van der Waals surface area contributed by atoms with E-state index in [-0.39, 0.29) is 12.5 Å². The van der Waals surface area contributed by atoms with E-state index in [1.54, 1.807) is 24.3 Å². The second kappa shape index (κ2) is 13.4. The third kappa shape index (κ3) is 9.31. The van der Waals surface area contributed by atoms with Crippen molar-refractivity contribution in [2.75, 3.05) is 19.8 Å². The maximum Gasteiger partial charge on any atom is 0.338 e. The zero-order valence-electron chi connectivity index (χ0n) is 21.2. The Hall–Kier alpha value is -3.55. The van der Waals surface area contributed by atoms with E-state index in [1.807, 2.05) is 52.8 Å². The molecule has 35 heavy (non-hydrogen) atoms. The molecule has 0 aliphatic carbocycles. The number of ether oxygens (including phenoxy) is 3. The van der Waals surface area contributed by atoms with Gasteiger partial charge in [0.15, 0.2) is 6.61 Å². The predicted octanol–water partition coefficient (Wildman–Crippen LogP) is 4.28. The fourth-order valence-corrected chi connectivity index (χ4v) is 3.12. The topological polar surface area (TPSA) is 103 Å². The Morgan fingerprint density at radius 3 is 2.31 bits per heavy atom. The Bertz CT molecular complexity index is 1000. The minimum Gasteiger partial charge on any atom is -0.493 e. The van der Waals surface area contributed by atoms with Crippen LogP contribution in [0, 0.1) is 19.3 Å². The first-order valence-corrected chi connectivity index (χ1v) is 11.8. The Labute approximate surface area is 207 Å². The number of carbonyl (C=O) groups is 3. The minimum absolute atomic E-state index is 0.288. The van der Waals surface area contributed by atoms with Gasteiger partial charge in [0, 0.05) is 5.41 Å². The molecule has 0 atom stereocenters. The van der Waals surface area contributed by atoms with Crippen molar-refractivity contribution in [2.24, 2.45) is 5.41 Å². The molecule has 8 heteroatoms. The van der Waals surface area contributed by atoms with E-state index in [9.17, 15) is 14.4 Å². The lowest BCUT2D eigenvalue weighted by atomic mass is 9.87. The molecule has 0 saturated carbocycles. The average Bonchev–Trinajstić information content (AvgIpc) is 2.84. The molecule has 0 radical (unpaired) electrons. The van der Waals surface area contributed by atoms with Crippen LogP contribution in [0.1, 0.15) is 61.5 Å². The van der Waals surface area contributed by atoms with Gasteiger partial charge >= 0.3 is 5.97 Å². The number of benzene rings is 2. The molecule has 2 amide bonds. The summed E-state index contributed by atoms with van der Waals surface area (Å²) in [6.45, 7) is 10.1. The van der Waals surface area contributed by atoms with Gasteiger partial charge in [0.1, 0.15) is 11.5 Å². The van der Waals surface area contributed by atoms with Gasteiger partial charge in [-0.1, -0.05) is 32.9 Å². The largest absolute Gasteiger partial charge is 0.493 e. The predicted molar refractivity (Wildman–Crippen MR) is 133 cm³/mol. The van der Waals surface area contributed by atoms with Crippen LogP contribution in [0.3, 0.4) is 0 Å². The van der Waals surface area contributed by atoms with Gasteiger partial charge < -0.3 is 14.2 Å². The van der Waals surface area contributed by atoms with Gasteiger partial charge in [0.2, 0.25) is 5.91 Å². The molecule has 0 aromatic heterocycles. The molecule has 2 N–H and O–H groups in total. The highest BCUT2D eigenvalue weighted by molar-refractivity contribution is 5.89. The first kappa shape index (κ1) is 27.7. The second-order valence-corrected chi connectivity index (χ2v) is 9.06. The number of hydrogen-bond donors (Lipinski definition) is 2. The summed E-state index contributed by atoms with van der Waals surface area (Å²) in [4.78, 5) is 36.4. The van der Waals surface area contributed by atoms with Crippen LogP contribution >= 0.6 is 0 Å². The van der Waals surface area contributed by atoms with Crippen molar-refractivity contribution in [3.63, 3.8) is 0 Å². The summed E-state index contributed by atoms with van der Waals surface area (Å²) in [5, 5.41) is 0. The lowest BCUT2D eigenvalue weighted by molar-refractivity contribution is -0.135. The molecular weight excluding hydrogens is 448 g/mol. The van der Waals surface area contributed by atoms with Gasteiger partial charge in [-0.3, -0.25) is 20.4 Å². The summed E-state index contributed by atoms with van der Waals surface area (Å²) in [7, 11) is 0. The van der Waals surface area contributed by atoms with Crippen molar-refractivity contribution < 1.29 is 28.6 Å². The standard InChI is InChI=1S/C27H36N2O6/c1-6-15-34-25(31)21-10-12-22(13-11-21)35-18-24(30)28-29-26(32)27(4,5)14-7-16-33-23-17-19(2)8-9-20(23)3/h8-13,17H,6-7,14-16,18H2,1-5H3,(H,28,30)(H,29,32). The van der Waals surface area contributed by atoms with Gasteiger partial charge in [0.25, 0.3) is 5.91 Å². The molecular formula is C27H36N2O6. The SMILES string of the molecule is CCCOC(=O)c1ccc(OCC(=O)NNC(=O)C(C)(C)CCCOc2cc(C)ccc2C)cc1. The monoisotopic (exact) mass is 484 g/mol. The zero-order valence-corrected chi connectivity index (χ0v) is 21.2. The first-order chi connectivity index (χ1) is 16.6. The summed E-state index contributed by atoms with van der Waals surface area (Å²) in [5.41, 5.74) is 6.75. The summed E-state index contributed by atoms with van der Waals surface area (Å²) in [6.07, 6.45) is 2.02. The fourth-order valence-electron chi connectivity index (χ4n) is 3.12. The number of rotatable bonds is 12. The Kier molecular flexibility index (Phi) is 10.6. The van der Waals surface area contributed by atoms with Crippen molar-refractivity contribution >= 4 is 17.8 Å². The van der Waals surface area contributed by atoms with Gasteiger partial charge in [-0.2, -0.15) is 0 Å².